The Hall–Kier alpha value is -3.56. The van der Waals surface area contributed by atoms with Crippen molar-refractivity contribution in [2.45, 2.75) is 19.9 Å². The highest BCUT2D eigenvalue weighted by atomic mass is 16.6. The Morgan fingerprint density at radius 2 is 2.00 bits per heavy atom. The van der Waals surface area contributed by atoms with E-state index in [1.807, 2.05) is 30.3 Å². The number of benzene rings is 1. The van der Waals surface area contributed by atoms with Gasteiger partial charge in [0.15, 0.2) is 0 Å². The molecule has 0 aliphatic rings. The summed E-state index contributed by atoms with van der Waals surface area (Å²) < 4.78 is 1.40. The van der Waals surface area contributed by atoms with Crippen molar-refractivity contribution in [2.75, 3.05) is 25.0 Å². The summed E-state index contributed by atoms with van der Waals surface area (Å²) in [6, 6.07) is 9.96. The molecular formula is C18H26N7O3+. The van der Waals surface area contributed by atoms with Crippen molar-refractivity contribution in [1.29, 1.82) is 0 Å². The largest absolute Gasteiger partial charge is 0.391 e. The third-order valence-electron chi connectivity index (χ3n) is 3.86. The summed E-state index contributed by atoms with van der Waals surface area (Å²) in [7, 11) is 0. The van der Waals surface area contributed by atoms with Crippen LogP contribution in [0.5, 0.6) is 0 Å². The van der Waals surface area contributed by atoms with Crippen LogP contribution in [-0.2, 0) is 22.6 Å². The fourth-order valence-corrected chi connectivity index (χ4v) is 2.47. The Balaban J connectivity index is 1.89. The average Bonchev–Trinajstić information content (AvgIpc) is 2.67. The highest BCUT2D eigenvalue weighted by Crippen LogP contribution is 2.00. The van der Waals surface area contributed by atoms with Crippen LogP contribution in [0.2, 0.25) is 0 Å². The minimum Gasteiger partial charge on any atom is -0.391 e. The molecule has 0 spiro atoms. The summed E-state index contributed by atoms with van der Waals surface area (Å²) in [5.74, 6) is -0.174. The number of amides is 1. The second-order valence-electron chi connectivity index (χ2n) is 6.06. The molecule has 2 rings (SSSR count). The Morgan fingerprint density at radius 3 is 2.71 bits per heavy atom. The first-order valence-corrected chi connectivity index (χ1v) is 8.85. The van der Waals surface area contributed by atoms with Crippen LogP contribution in [0.25, 0.3) is 0 Å². The molecule has 1 aromatic heterocycles. The van der Waals surface area contributed by atoms with Gasteiger partial charge in [-0.25, -0.2) is 4.98 Å². The molecule has 1 amide bonds. The lowest BCUT2D eigenvalue weighted by Gasteiger charge is -2.10. The molecule has 0 aliphatic carbocycles. The van der Waals surface area contributed by atoms with Crippen LogP contribution in [0.3, 0.4) is 0 Å². The van der Waals surface area contributed by atoms with E-state index in [-0.39, 0.29) is 37.1 Å². The van der Waals surface area contributed by atoms with Crippen molar-refractivity contribution in [3.05, 3.63) is 58.1 Å². The second kappa shape index (κ2) is 10.6. The lowest BCUT2D eigenvalue weighted by atomic mass is 10.1. The van der Waals surface area contributed by atoms with E-state index in [1.54, 1.807) is 13.1 Å². The number of carbonyl (C=O) groups is 1. The first-order chi connectivity index (χ1) is 13.5. The predicted molar refractivity (Wildman–Crippen MR) is 105 cm³/mol. The lowest BCUT2D eigenvalue weighted by molar-refractivity contribution is -0.364. The minimum absolute atomic E-state index is 0.102. The van der Waals surface area contributed by atoms with Gasteiger partial charge in [-0.05, 0) is 17.6 Å². The number of hydrogen-bond donors (Lipinski definition) is 4. The quantitative estimate of drug-likeness (QED) is 0.176. The average molecular weight is 388 g/mol. The monoisotopic (exact) mass is 388 g/mol. The van der Waals surface area contributed by atoms with Crippen molar-refractivity contribution in [3.63, 3.8) is 0 Å². The van der Waals surface area contributed by atoms with E-state index >= 15 is 0 Å². The minimum atomic E-state index is -0.320. The number of aromatic nitrogens is 2. The maximum absolute atomic E-state index is 12.6. The number of H-pyrrole nitrogens is 1. The zero-order valence-electron chi connectivity index (χ0n) is 15.8. The number of nitrogens with zero attached hydrogens (tertiary/aromatic N) is 2. The van der Waals surface area contributed by atoms with E-state index in [4.69, 9.17) is 16.3 Å². The number of oxime groups is 1. The standard InChI is InChI=1S/C18H25N7O3/c1-13-11-23-16(22-8-7-14-5-3-2-4-6-14)17(27)25(13)12-15(26)21-9-10-28-24-18(19)20/h2-6,11H,7-10,12H2,1H3,(H,21,26)(H,22,23)(H4,19,20,24)/p+1. The smallest absolute Gasteiger partial charge is 0.340 e. The fraction of sp³-hybridized carbons (Fsp3) is 0.333. The summed E-state index contributed by atoms with van der Waals surface area (Å²) in [5.41, 5.74) is 11.8. The second-order valence-corrected chi connectivity index (χ2v) is 6.06. The molecule has 0 radical (unpaired) electrons. The number of anilines is 1. The number of aromatic amines is 1. The van der Waals surface area contributed by atoms with Crippen LogP contribution < -0.4 is 32.6 Å². The van der Waals surface area contributed by atoms with E-state index in [1.165, 1.54) is 10.1 Å². The van der Waals surface area contributed by atoms with Crippen LogP contribution in [0.1, 0.15) is 11.3 Å². The van der Waals surface area contributed by atoms with E-state index in [0.717, 1.165) is 6.42 Å². The number of rotatable bonds is 10. The van der Waals surface area contributed by atoms with Crippen LogP contribution >= 0.6 is 0 Å². The summed E-state index contributed by atoms with van der Waals surface area (Å²) in [4.78, 5) is 32.4. The first-order valence-electron chi connectivity index (χ1n) is 8.85. The van der Waals surface area contributed by atoms with E-state index in [2.05, 4.69) is 20.8 Å². The summed E-state index contributed by atoms with van der Waals surface area (Å²) >= 11 is 0. The van der Waals surface area contributed by atoms with Crippen LogP contribution in [0, 0.1) is 6.92 Å². The van der Waals surface area contributed by atoms with Gasteiger partial charge in [-0.2, -0.15) is 0 Å². The maximum atomic E-state index is 12.6. The van der Waals surface area contributed by atoms with Crippen molar-refractivity contribution in [1.82, 2.24) is 9.88 Å². The molecule has 0 saturated carbocycles. The van der Waals surface area contributed by atoms with Gasteiger partial charge in [-0.3, -0.25) is 19.5 Å². The third kappa shape index (κ3) is 6.63. The molecule has 1 heterocycles. The van der Waals surface area contributed by atoms with E-state index < -0.39 is 0 Å². The summed E-state index contributed by atoms with van der Waals surface area (Å²) in [6.07, 6.45) is 2.46. The molecule has 7 N–H and O–H groups in total. The molecular weight excluding hydrogens is 362 g/mol. The third-order valence-corrected chi connectivity index (χ3v) is 3.86. The molecule has 0 saturated heterocycles. The topological polar surface area (TPSA) is 151 Å². The van der Waals surface area contributed by atoms with E-state index in [9.17, 15) is 9.59 Å². The molecule has 10 nitrogen and oxygen atoms in total. The van der Waals surface area contributed by atoms with Crippen molar-refractivity contribution in [2.24, 2.45) is 16.6 Å². The van der Waals surface area contributed by atoms with Gasteiger partial charge in [0.05, 0.1) is 18.8 Å². The SMILES string of the molecule is Cc1c[nH+]c(NCCc2ccccc2)c(=O)n1CC(=O)NCCON=C(N)N. The normalized spacial score (nSPS) is 10.2. The molecule has 0 atom stereocenters. The molecule has 10 heteroatoms. The van der Waals surface area contributed by atoms with Gasteiger partial charge >= 0.3 is 11.4 Å². The lowest BCUT2D eigenvalue weighted by Crippen LogP contribution is -2.38. The Labute approximate surface area is 162 Å². The molecule has 0 aliphatic heterocycles. The first kappa shape index (κ1) is 20.7. The number of carbonyl (C=O) groups excluding carboxylic acids is 1. The number of hydrogen-bond acceptors (Lipinski definition) is 5. The molecule has 1 aromatic carbocycles. The number of nitrogens with two attached hydrogens (primary N) is 2. The summed E-state index contributed by atoms with van der Waals surface area (Å²) in [6.45, 7) is 2.57. The number of aryl methyl sites for hydroxylation is 1. The van der Waals surface area contributed by atoms with Crippen LogP contribution in [-0.4, -0.2) is 36.1 Å². The zero-order chi connectivity index (χ0) is 20.4. The van der Waals surface area contributed by atoms with Crippen LogP contribution in [0.15, 0.2) is 46.5 Å². The number of nitrogens with one attached hydrogen (secondary N) is 3. The van der Waals surface area contributed by atoms with Gasteiger partial charge in [-0.1, -0.05) is 30.3 Å². The van der Waals surface area contributed by atoms with Gasteiger partial charge in [0.1, 0.15) is 19.3 Å². The van der Waals surface area contributed by atoms with Gasteiger partial charge < -0.3 is 21.6 Å². The molecule has 2 aromatic rings. The molecule has 28 heavy (non-hydrogen) atoms. The zero-order valence-corrected chi connectivity index (χ0v) is 15.8. The molecule has 0 fully saturated rings. The van der Waals surface area contributed by atoms with Crippen molar-refractivity contribution < 1.29 is 14.6 Å². The van der Waals surface area contributed by atoms with Crippen molar-refractivity contribution >= 4 is 17.7 Å². The Morgan fingerprint density at radius 1 is 1.25 bits per heavy atom. The number of guanidine groups is 1. The van der Waals surface area contributed by atoms with Gasteiger partial charge in [0.25, 0.3) is 0 Å². The van der Waals surface area contributed by atoms with Gasteiger partial charge in [-0.15, -0.1) is 0 Å². The Kier molecular flexibility index (Phi) is 7.82. The highest BCUT2D eigenvalue weighted by molar-refractivity contribution is 5.76. The molecule has 150 valence electrons. The van der Waals surface area contributed by atoms with Crippen LogP contribution in [0.4, 0.5) is 5.82 Å². The highest BCUT2D eigenvalue weighted by Gasteiger charge is 2.15. The van der Waals surface area contributed by atoms with Crippen molar-refractivity contribution in [3.8, 4) is 0 Å². The predicted octanol–water partition coefficient (Wildman–Crippen LogP) is -1.05. The summed E-state index contributed by atoms with van der Waals surface area (Å²) in [5, 5.41) is 9.08. The molecule has 0 bridgehead atoms. The maximum Gasteiger partial charge on any atom is 0.340 e. The van der Waals surface area contributed by atoms with Gasteiger partial charge in [0.2, 0.25) is 11.9 Å². The fourth-order valence-electron chi connectivity index (χ4n) is 2.47. The van der Waals surface area contributed by atoms with Gasteiger partial charge in [0, 0.05) is 6.42 Å². The van der Waals surface area contributed by atoms with E-state index in [0.29, 0.717) is 18.1 Å². The Bertz CT molecular complexity index is 861. The molecule has 0 unspecified atom stereocenters.